The van der Waals surface area contributed by atoms with Crippen molar-refractivity contribution in [2.24, 2.45) is 0 Å². The highest BCUT2D eigenvalue weighted by molar-refractivity contribution is 8.00. The van der Waals surface area contributed by atoms with E-state index >= 15 is 0 Å². The van der Waals surface area contributed by atoms with Gasteiger partial charge in [-0.05, 0) is 43.7 Å². The number of nitrogens with zero attached hydrogens (tertiary/aromatic N) is 2. The van der Waals surface area contributed by atoms with Crippen molar-refractivity contribution in [2.75, 3.05) is 22.5 Å². The number of carbonyl (C=O) groups is 2. The molecular formula is C21H22N4O2S. The molecule has 3 aromatic rings. The third kappa shape index (κ3) is 4.04. The van der Waals surface area contributed by atoms with E-state index in [-0.39, 0.29) is 17.1 Å². The molecular weight excluding hydrogens is 372 g/mol. The van der Waals surface area contributed by atoms with Gasteiger partial charge in [-0.3, -0.25) is 9.59 Å². The number of benzene rings is 2. The molecule has 2 aromatic carbocycles. The second-order valence-corrected chi connectivity index (χ2v) is 8.17. The van der Waals surface area contributed by atoms with Crippen LogP contribution in [0.2, 0.25) is 0 Å². The van der Waals surface area contributed by atoms with E-state index in [4.69, 9.17) is 0 Å². The van der Waals surface area contributed by atoms with Crippen LogP contribution in [0, 0.1) is 0 Å². The maximum Gasteiger partial charge on any atom is 0.234 e. The topological polar surface area (TPSA) is 78.1 Å². The second kappa shape index (κ2) is 8.06. The number of carbonyl (C=O) groups excluding carboxylic acids is 2. The Labute approximate surface area is 167 Å². The van der Waals surface area contributed by atoms with Crippen LogP contribution in [-0.4, -0.2) is 34.1 Å². The third-order valence-electron chi connectivity index (χ3n) is 4.77. The van der Waals surface area contributed by atoms with Crippen LogP contribution in [0.4, 0.5) is 11.4 Å². The first-order valence-corrected chi connectivity index (χ1v) is 10.4. The highest BCUT2D eigenvalue weighted by Crippen LogP contribution is 2.28. The van der Waals surface area contributed by atoms with E-state index < -0.39 is 0 Å². The van der Waals surface area contributed by atoms with E-state index in [0.29, 0.717) is 17.9 Å². The number of hydrogen-bond donors (Lipinski definition) is 2. The largest absolute Gasteiger partial charge is 0.341 e. The Morgan fingerprint density at radius 2 is 2.14 bits per heavy atom. The van der Waals surface area contributed by atoms with Gasteiger partial charge < -0.3 is 15.2 Å². The minimum absolute atomic E-state index is 0.0714. The van der Waals surface area contributed by atoms with Crippen molar-refractivity contribution in [3.63, 3.8) is 0 Å². The molecule has 0 aliphatic carbocycles. The van der Waals surface area contributed by atoms with Crippen LogP contribution in [0.25, 0.3) is 11.0 Å². The summed E-state index contributed by atoms with van der Waals surface area (Å²) in [6.45, 7) is 2.77. The van der Waals surface area contributed by atoms with Crippen LogP contribution in [0.15, 0.2) is 48.5 Å². The fourth-order valence-corrected chi connectivity index (χ4v) is 4.06. The number of imidazole rings is 1. The number of hydrogen-bond acceptors (Lipinski definition) is 4. The monoisotopic (exact) mass is 394 g/mol. The highest BCUT2D eigenvalue weighted by Gasteiger charge is 2.22. The molecule has 2 N–H and O–H groups in total. The fourth-order valence-electron chi connectivity index (χ4n) is 3.31. The van der Waals surface area contributed by atoms with Gasteiger partial charge in [0.15, 0.2) is 0 Å². The number of anilines is 2. The minimum Gasteiger partial charge on any atom is -0.341 e. The number of rotatable bonds is 6. The molecule has 144 valence electrons. The first-order chi connectivity index (χ1) is 13.6. The molecule has 7 heteroatoms. The van der Waals surface area contributed by atoms with Crippen LogP contribution < -0.4 is 10.2 Å². The van der Waals surface area contributed by atoms with Gasteiger partial charge >= 0.3 is 0 Å². The zero-order chi connectivity index (χ0) is 19.5. The van der Waals surface area contributed by atoms with Gasteiger partial charge in [-0.25, -0.2) is 4.98 Å². The zero-order valence-corrected chi connectivity index (χ0v) is 16.5. The summed E-state index contributed by atoms with van der Waals surface area (Å²) in [4.78, 5) is 34.0. The summed E-state index contributed by atoms with van der Waals surface area (Å²) >= 11 is 1.53. The Hall–Kier alpha value is -2.80. The standard InChI is InChI=1S/C21H22N4O2S/c1-14(21-23-17-8-2-3-9-18(17)24-21)28-13-19(26)22-15-6-4-7-16(12-15)25-11-5-10-20(25)27/h2-4,6-9,12,14H,5,10-11,13H2,1H3,(H,22,26)(H,23,24)/t14-/m1/s1. The minimum atomic E-state index is -0.0714. The quantitative estimate of drug-likeness (QED) is 0.659. The summed E-state index contributed by atoms with van der Waals surface area (Å²) in [5.41, 5.74) is 3.48. The number of H-pyrrole nitrogens is 1. The molecule has 1 aromatic heterocycles. The van der Waals surface area contributed by atoms with Gasteiger partial charge in [-0.1, -0.05) is 18.2 Å². The molecule has 0 saturated carbocycles. The van der Waals surface area contributed by atoms with Crippen molar-refractivity contribution >= 4 is 46.0 Å². The zero-order valence-electron chi connectivity index (χ0n) is 15.6. The lowest BCUT2D eigenvalue weighted by molar-refractivity contribution is -0.117. The average Bonchev–Trinajstić information content (AvgIpc) is 3.32. The number of nitrogens with one attached hydrogen (secondary N) is 2. The Balaban J connectivity index is 1.34. The van der Waals surface area contributed by atoms with Crippen molar-refractivity contribution < 1.29 is 9.59 Å². The first-order valence-electron chi connectivity index (χ1n) is 9.37. The van der Waals surface area contributed by atoms with Crippen LogP contribution in [-0.2, 0) is 9.59 Å². The van der Waals surface area contributed by atoms with Crippen molar-refractivity contribution in [3.05, 3.63) is 54.4 Å². The van der Waals surface area contributed by atoms with Crippen LogP contribution in [0.1, 0.15) is 30.8 Å². The molecule has 1 aliphatic rings. The normalized spacial score (nSPS) is 15.2. The molecule has 1 atom stereocenters. The Morgan fingerprint density at radius 3 is 2.93 bits per heavy atom. The Morgan fingerprint density at radius 1 is 1.29 bits per heavy atom. The molecule has 0 unspecified atom stereocenters. The summed E-state index contributed by atoms with van der Waals surface area (Å²) in [5, 5.41) is 3.00. The lowest BCUT2D eigenvalue weighted by Crippen LogP contribution is -2.23. The first kappa shape index (κ1) is 18.6. The van der Waals surface area contributed by atoms with Gasteiger partial charge in [0.1, 0.15) is 5.82 Å². The van der Waals surface area contributed by atoms with Crippen molar-refractivity contribution in [3.8, 4) is 0 Å². The van der Waals surface area contributed by atoms with E-state index in [2.05, 4.69) is 15.3 Å². The van der Waals surface area contributed by atoms with Crippen LogP contribution in [0.5, 0.6) is 0 Å². The number of amides is 2. The van der Waals surface area contributed by atoms with Gasteiger partial charge in [0.05, 0.1) is 22.0 Å². The summed E-state index contributed by atoms with van der Waals surface area (Å²) in [7, 11) is 0. The lowest BCUT2D eigenvalue weighted by atomic mass is 10.2. The number of fused-ring (bicyclic) bond motifs is 1. The molecule has 2 heterocycles. The summed E-state index contributed by atoms with van der Waals surface area (Å²) in [5.74, 6) is 1.26. The highest BCUT2D eigenvalue weighted by atomic mass is 32.2. The SMILES string of the molecule is C[C@@H](SCC(=O)Nc1cccc(N2CCCC2=O)c1)c1nc2ccccc2[nH]1. The summed E-state index contributed by atoms with van der Waals surface area (Å²) in [6, 6.07) is 15.4. The van der Waals surface area contributed by atoms with Gasteiger partial charge in [-0.15, -0.1) is 11.8 Å². The molecule has 1 saturated heterocycles. The molecule has 1 aliphatic heterocycles. The predicted octanol–water partition coefficient (Wildman–Crippen LogP) is 4.12. The molecule has 4 rings (SSSR count). The van der Waals surface area contributed by atoms with E-state index in [9.17, 15) is 9.59 Å². The smallest absolute Gasteiger partial charge is 0.234 e. The number of thioether (sulfide) groups is 1. The van der Waals surface area contributed by atoms with Gasteiger partial charge in [0.2, 0.25) is 11.8 Å². The molecule has 6 nitrogen and oxygen atoms in total. The number of para-hydroxylation sites is 2. The van der Waals surface area contributed by atoms with Crippen LogP contribution >= 0.6 is 11.8 Å². The van der Waals surface area contributed by atoms with Crippen LogP contribution in [0.3, 0.4) is 0 Å². The third-order valence-corrected chi connectivity index (χ3v) is 5.92. The maximum absolute atomic E-state index is 12.4. The predicted molar refractivity (Wildman–Crippen MR) is 114 cm³/mol. The summed E-state index contributed by atoms with van der Waals surface area (Å²) in [6.07, 6.45) is 1.47. The molecule has 28 heavy (non-hydrogen) atoms. The Kier molecular flexibility index (Phi) is 5.34. The van der Waals surface area contributed by atoms with Gasteiger partial charge in [0.25, 0.3) is 0 Å². The van der Waals surface area contributed by atoms with E-state index in [1.165, 1.54) is 11.8 Å². The lowest BCUT2D eigenvalue weighted by Gasteiger charge is -2.17. The second-order valence-electron chi connectivity index (χ2n) is 6.84. The Bertz CT molecular complexity index is 983. The number of aromatic nitrogens is 2. The van der Waals surface area contributed by atoms with Gasteiger partial charge in [0, 0.05) is 24.3 Å². The molecule has 1 fully saturated rings. The molecule has 0 bridgehead atoms. The van der Waals surface area contributed by atoms with Gasteiger partial charge in [-0.2, -0.15) is 0 Å². The van der Waals surface area contributed by atoms with E-state index in [1.54, 1.807) is 4.90 Å². The van der Waals surface area contributed by atoms with E-state index in [1.807, 2.05) is 55.5 Å². The van der Waals surface area contributed by atoms with Crippen molar-refractivity contribution in [1.82, 2.24) is 9.97 Å². The number of aromatic amines is 1. The average molecular weight is 395 g/mol. The molecule has 0 spiro atoms. The maximum atomic E-state index is 12.4. The molecule has 0 radical (unpaired) electrons. The van der Waals surface area contributed by atoms with Crippen molar-refractivity contribution in [1.29, 1.82) is 0 Å². The van der Waals surface area contributed by atoms with E-state index in [0.717, 1.165) is 35.5 Å². The van der Waals surface area contributed by atoms with Crippen molar-refractivity contribution in [2.45, 2.75) is 25.0 Å². The fraction of sp³-hybridized carbons (Fsp3) is 0.286. The molecule has 2 amide bonds. The summed E-state index contributed by atoms with van der Waals surface area (Å²) < 4.78 is 0.